The van der Waals surface area contributed by atoms with E-state index in [1.807, 2.05) is 0 Å². The molecule has 0 aromatic carbocycles. The van der Waals surface area contributed by atoms with Gasteiger partial charge in [0.1, 0.15) is 0 Å². The molecule has 0 radical (unpaired) electrons. The van der Waals surface area contributed by atoms with E-state index < -0.39 is 14.6 Å². The molecule has 1 N–H and O–H groups in total. The average Bonchev–Trinajstić information content (AvgIpc) is 2.01. The Hall–Kier alpha value is -0.130. The van der Waals surface area contributed by atoms with Gasteiger partial charge in [0, 0.05) is 13.2 Å². The van der Waals surface area contributed by atoms with Crippen molar-refractivity contribution in [3.8, 4) is 0 Å². The fourth-order valence-corrected chi connectivity index (χ4v) is 2.22. The van der Waals surface area contributed by atoms with Crippen molar-refractivity contribution in [2.75, 3.05) is 26.5 Å². The summed E-state index contributed by atoms with van der Waals surface area (Å²) in [4.78, 5) is 0. The third kappa shape index (κ3) is 3.94. The van der Waals surface area contributed by atoms with E-state index in [-0.39, 0.29) is 11.8 Å². The lowest BCUT2D eigenvalue weighted by Gasteiger charge is -2.23. The SMILES string of the molecule is CNC(COC)CS(=O)(=O)C(C)(C)C. The lowest BCUT2D eigenvalue weighted by atomic mass is 10.3. The highest BCUT2D eigenvalue weighted by molar-refractivity contribution is 7.92. The van der Waals surface area contributed by atoms with E-state index in [1.165, 1.54) is 0 Å². The molecule has 0 aromatic heterocycles. The molecule has 1 atom stereocenters. The summed E-state index contributed by atoms with van der Waals surface area (Å²) in [6, 6.07) is -0.135. The van der Waals surface area contributed by atoms with Gasteiger partial charge in [0.25, 0.3) is 0 Å². The predicted molar refractivity (Wildman–Crippen MR) is 58.3 cm³/mol. The van der Waals surface area contributed by atoms with Crippen LogP contribution in [0.15, 0.2) is 0 Å². The number of sulfone groups is 1. The Bertz CT molecular complexity index is 254. The van der Waals surface area contributed by atoms with Gasteiger partial charge >= 0.3 is 0 Å². The van der Waals surface area contributed by atoms with E-state index in [0.29, 0.717) is 6.61 Å². The van der Waals surface area contributed by atoms with Gasteiger partial charge in [0.05, 0.1) is 17.1 Å². The quantitative estimate of drug-likeness (QED) is 0.734. The Kier molecular flexibility index (Phi) is 5.05. The largest absolute Gasteiger partial charge is 0.383 e. The minimum absolute atomic E-state index is 0.112. The summed E-state index contributed by atoms with van der Waals surface area (Å²) in [7, 11) is 0.228. The second-order valence-corrected chi connectivity index (χ2v) is 7.12. The first-order chi connectivity index (χ1) is 6.24. The molecule has 4 nitrogen and oxygen atoms in total. The van der Waals surface area contributed by atoms with Crippen LogP contribution < -0.4 is 5.32 Å². The topological polar surface area (TPSA) is 55.4 Å². The fraction of sp³-hybridized carbons (Fsp3) is 1.00. The van der Waals surface area contributed by atoms with Crippen LogP contribution in [-0.2, 0) is 14.6 Å². The molecule has 0 saturated heterocycles. The van der Waals surface area contributed by atoms with Crippen molar-refractivity contribution < 1.29 is 13.2 Å². The Labute approximate surface area is 86.9 Å². The minimum Gasteiger partial charge on any atom is -0.383 e. The Balaban J connectivity index is 4.49. The van der Waals surface area contributed by atoms with Gasteiger partial charge in [0.2, 0.25) is 0 Å². The van der Waals surface area contributed by atoms with Gasteiger partial charge in [-0.1, -0.05) is 0 Å². The van der Waals surface area contributed by atoms with Crippen molar-refractivity contribution in [3.63, 3.8) is 0 Å². The number of ether oxygens (including phenoxy) is 1. The van der Waals surface area contributed by atoms with E-state index in [4.69, 9.17) is 4.74 Å². The minimum atomic E-state index is -3.07. The zero-order chi connectivity index (χ0) is 11.4. The molecule has 5 heteroatoms. The van der Waals surface area contributed by atoms with Gasteiger partial charge in [-0.3, -0.25) is 0 Å². The monoisotopic (exact) mass is 223 g/mol. The van der Waals surface area contributed by atoms with Crippen LogP contribution in [-0.4, -0.2) is 45.7 Å². The van der Waals surface area contributed by atoms with Gasteiger partial charge in [-0.15, -0.1) is 0 Å². The summed E-state index contributed by atoms with van der Waals surface area (Å²) in [5, 5.41) is 2.93. The standard InChI is InChI=1S/C9H21NO3S/c1-9(2,3)14(11,12)7-8(10-4)6-13-5/h8,10H,6-7H2,1-5H3. The van der Waals surface area contributed by atoms with Crippen molar-refractivity contribution in [3.05, 3.63) is 0 Å². The third-order valence-corrected chi connectivity index (χ3v) is 4.84. The highest BCUT2D eigenvalue weighted by Gasteiger charge is 2.31. The number of hydrogen-bond acceptors (Lipinski definition) is 4. The maximum atomic E-state index is 11.8. The van der Waals surface area contributed by atoms with E-state index in [2.05, 4.69) is 5.32 Å². The van der Waals surface area contributed by atoms with Crippen LogP contribution in [0.2, 0.25) is 0 Å². The van der Waals surface area contributed by atoms with Crippen LogP contribution in [0.25, 0.3) is 0 Å². The van der Waals surface area contributed by atoms with Gasteiger partial charge in [-0.05, 0) is 27.8 Å². The molecule has 0 aliphatic rings. The number of rotatable bonds is 5. The molecule has 0 heterocycles. The van der Waals surface area contributed by atoms with Crippen molar-refractivity contribution in [1.82, 2.24) is 5.32 Å². The lowest BCUT2D eigenvalue weighted by Crippen LogP contribution is -2.42. The van der Waals surface area contributed by atoms with Gasteiger partial charge in [0.15, 0.2) is 9.84 Å². The highest BCUT2D eigenvalue weighted by atomic mass is 32.2. The molecule has 86 valence electrons. The maximum Gasteiger partial charge on any atom is 0.156 e. The number of likely N-dealkylation sites (N-methyl/N-ethyl adjacent to an activating group) is 1. The zero-order valence-corrected chi connectivity index (χ0v) is 10.4. The molecule has 0 aliphatic carbocycles. The van der Waals surface area contributed by atoms with Crippen molar-refractivity contribution >= 4 is 9.84 Å². The molecule has 0 bridgehead atoms. The van der Waals surface area contributed by atoms with E-state index in [1.54, 1.807) is 34.9 Å². The summed E-state index contributed by atoms with van der Waals surface area (Å²) < 4.78 is 27.8. The summed E-state index contributed by atoms with van der Waals surface area (Å²) in [6.45, 7) is 5.54. The maximum absolute atomic E-state index is 11.8. The van der Waals surface area contributed by atoms with Crippen LogP contribution in [0.5, 0.6) is 0 Å². The highest BCUT2D eigenvalue weighted by Crippen LogP contribution is 2.16. The summed E-state index contributed by atoms with van der Waals surface area (Å²) in [5.41, 5.74) is 0. The van der Waals surface area contributed by atoms with Crippen LogP contribution in [0.3, 0.4) is 0 Å². The molecular formula is C9H21NO3S. The van der Waals surface area contributed by atoms with Gasteiger partial charge in [-0.25, -0.2) is 8.42 Å². The normalized spacial score (nSPS) is 15.5. The number of methoxy groups -OCH3 is 1. The molecule has 0 rings (SSSR count). The Morgan fingerprint density at radius 2 is 1.86 bits per heavy atom. The fourth-order valence-electron chi connectivity index (χ4n) is 0.931. The van der Waals surface area contributed by atoms with Crippen molar-refractivity contribution in [1.29, 1.82) is 0 Å². The molecule has 1 unspecified atom stereocenters. The van der Waals surface area contributed by atoms with Crippen LogP contribution >= 0.6 is 0 Å². The van der Waals surface area contributed by atoms with Gasteiger partial charge in [-0.2, -0.15) is 0 Å². The molecular weight excluding hydrogens is 202 g/mol. The third-order valence-electron chi connectivity index (χ3n) is 2.13. The smallest absolute Gasteiger partial charge is 0.156 e. The Morgan fingerprint density at radius 3 is 2.14 bits per heavy atom. The zero-order valence-electron chi connectivity index (χ0n) is 9.62. The first kappa shape index (κ1) is 13.9. The van der Waals surface area contributed by atoms with E-state index in [0.717, 1.165) is 0 Å². The van der Waals surface area contributed by atoms with Crippen LogP contribution in [0.1, 0.15) is 20.8 Å². The molecule has 0 saturated carbocycles. The summed E-state index contributed by atoms with van der Waals surface area (Å²) in [6.07, 6.45) is 0. The Morgan fingerprint density at radius 1 is 1.36 bits per heavy atom. The molecule has 0 spiro atoms. The van der Waals surface area contributed by atoms with Crippen LogP contribution in [0.4, 0.5) is 0 Å². The molecule has 0 amide bonds. The second-order valence-electron chi connectivity index (χ2n) is 4.33. The van der Waals surface area contributed by atoms with E-state index >= 15 is 0 Å². The van der Waals surface area contributed by atoms with Crippen molar-refractivity contribution in [2.24, 2.45) is 0 Å². The summed E-state index contributed by atoms with van der Waals surface area (Å²) in [5.74, 6) is 0.112. The van der Waals surface area contributed by atoms with Crippen molar-refractivity contribution in [2.45, 2.75) is 31.6 Å². The number of hydrogen-bond donors (Lipinski definition) is 1. The number of nitrogens with one attached hydrogen (secondary N) is 1. The molecule has 0 aromatic rings. The predicted octanol–water partition coefficient (Wildman–Crippen LogP) is 0.434. The average molecular weight is 223 g/mol. The lowest BCUT2D eigenvalue weighted by molar-refractivity contribution is 0.176. The van der Waals surface area contributed by atoms with Gasteiger partial charge < -0.3 is 10.1 Å². The van der Waals surface area contributed by atoms with Crippen LogP contribution in [0, 0.1) is 0 Å². The second kappa shape index (κ2) is 5.09. The first-order valence-electron chi connectivity index (χ1n) is 4.63. The first-order valence-corrected chi connectivity index (χ1v) is 6.28. The van der Waals surface area contributed by atoms with E-state index in [9.17, 15) is 8.42 Å². The molecule has 0 fully saturated rings. The summed E-state index contributed by atoms with van der Waals surface area (Å²) >= 11 is 0. The molecule has 0 aliphatic heterocycles. The molecule has 14 heavy (non-hydrogen) atoms.